The summed E-state index contributed by atoms with van der Waals surface area (Å²) in [6.07, 6.45) is 30.7. The summed E-state index contributed by atoms with van der Waals surface area (Å²) in [5.41, 5.74) is 0. The molecule has 1 heterocycles. The number of hydrogen-bond acceptors (Lipinski definition) is 11. The molecule has 0 aliphatic carbocycles. The fraction of sp³-hybridized carbons (Fsp3) is 0.619. The first-order valence-corrected chi connectivity index (χ1v) is 21.3. The predicted octanol–water partition coefficient (Wildman–Crippen LogP) is 6.94. The van der Waals surface area contributed by atoms with Gasteiger partial charge in [0.05, 0.1) is 6.61 Å². The molecule has 1 saturated heterocycles. The Morgan fingerprint density at radius 3 is 1.84 bits per heavy atom. The molecule has 3 unspecified atom stereocenters. The van der Waals surface area contributed by atoms with Gasteiger partial charge in [-0.1, -0.05) is 118 Å². The van der Waals surface area contributed by atoms with Gasteiger partial charge in [0.1, 0.15) is 36.8 Å². The predicted molar refractivity (Wildman–Crippen MR) is 214 cm³/mol. The van der Waals surface area contributed by atoms with E-state index in [1.165, 1.54) is 0 Å². The molecule has 0 bridgehead atoms. The molecular weight excluding hydrogens is 729 g/mol. The number of carbonyl (C=O) groups is 2. The Morgan fingerprint density at radius 1 is 0.636 bits per heavy atom. The van der Waals surface area contributed by atoms with Crippen LogP contribution in [0.1, 0.15) is 110 Å². The van der Waals surface area contributed by atoms with Gasteiger partial charge in [0.25, 0.3) is 10.1 Å². The van der Waals surface area contributed by atoms with Crippen LogP contribution in [0.25, 0.3) is 0 Å². The van der Waals surface area contributed by atoms with Gasteiger partial charge in [-0.25, -0.2) is 0 Å². The normalized spacial score (nSPS) is 21.7. The van der Waals surface area contributed by atoms with E-state index in [9.17, 15) is 37.9 Å². The molecule has 4 N–H and O–H groups in total. The molecule has 1 aliphatic heterocycles. The smallest absolute Gasteiger partial charge is 0.306 e. The zero-order chi connectivity index (χ0) is 40.6. The maximum atomic E-state index is 12.7. The standard InChI is InChI=1S/C42H66O12S/c1-3-5-7-9-11-13-15-17-19-20-22-24-26-28-30-37(43)51-32-35(33-52-42-41(47)40(46)39(45)36(54-42)34-55(48,49)50)53-38(44)31-29-27-25-23-21-18-16-14-12-10-8-6-4-2/h5-8,10-14,16-19,21,35-36,39-42,45-47H,3-4,9,15,20,22-34H2,1-2H3,(H,48,49,50)/b7-5+,8-6+,12-10+,13-11+,16-14+,19-17+,21-18+/t35?,36-,39-,40?,41?,42+/m1/s1. The van der Waals surface area contributed by atoms with Crippen molar-refractivity contribution in [3.05, 3.63) is 85.1 Å². The molecule has 1 aliphatic rings. The second kappa shape index (κ2) is 32.0. The summed E-state index contributed by atoms with van der Waals surface area (Å²) in [5.74, 6) is -2.08. The third kappa shape index (κ3) is 27.1. The van der Waals surface area contributed by atoms with Crippen molar-refractivity contribution in [3.63, 3.8) is 0 Å². The minimum absolute atomic E-state index is 0.108. The number of allylic oxidation sites excluding steroid dienone is 14. The van der Waals surface area contributed by atoms with Gasteiger partial charge in [-0.3, -0.25) is 14.1 Å². The number of hydrogen-bond donors (Lipinski definition) is 4. The van der Waals surface area contributed by atoms with Crippen LogP contribution >= 0.6 is 0 Å². The molecule has 6 atom stereocenters. The van der Waals surface area contributed by atoms with Gasteiger partial charge < -0.3 is 34.3 Å². The van der Waals surface area contributed by atoms with Crippen LogP contribution in [-0.2, 0) is 38.7 Å². The maximum absolute atomic E-state index is 12.7. The Balaban J connectivity index is 2.57. The quantitative estimate of drug-likeness (QED) is 0.0193. The van der Waals surface area contributed by atoms with E-state index in [0.29, 0.717) is 12.8 Å². The largest absolute Gasteiger partial charge is 0.462 e. The van der Waals surface area contributed by atoms with Crippen LogP contribution in [-0.4, -0.2) is 96.0 Å². The number of ether oxygens (including phenoxy) is 4. The summed E-state index contributed by atoms with van der Waals surface area (Å²) < 4.78 is 53.8. The fourth-order valence-electron chi connectivity index (χ4n) is 5.29. The molecule has 13 heteroatoms. The lowest BCUT2D eigenvalue weighted by atomic mass is 10.00. The van der Waals surface area contributed by atoms with Gasteiger partial charge in [-0.2, -0.15) is 8.42 Å². The molecule has 0 aromatic rings. The van der Waals surface area contributed by atoms with Crippen LogP contribution < -0.4 is 0 Å². The Kier molecular flexibility index (Phi) is 29.0. The van der Waals surface area contributed by atoms with Gasteiger partial charge in [-0.15, -0.1) is 0 Å². The maximum Gasteiger partial charge on any atom is 0.306 e. The fourth-order valence-corrected chi connectivity index (χ4v) is 5.98. The van der Waals surface area contributed by atoms with E-state index in [4.69, 9.17) is 18.9 Å². The summed E-state index contributed by atoms with van der Waals surface area (Å²) in [7, 11) is -4.61. The summed E-state index contributed by atoms with van der Waals surface area (Å²) in [6, 6.07) is 0. The molecule has 55 heavy (non-hydrogen) atoms. The SMILES string of the molecule is CC/C=C/C=C/C=C/C=C/CCCCCC(=O)OC(COC(=O)CCCCCC/C=C/C/C=C/C/C=C/CC)CO[C@H]1O[C@H](CS(=O)(=O)O)[C@@H](O)C(O)C1O. The second-order valence-corrected chi connectivity index (χ2v) is 14.8. The molecule has 1 fully saturated rings. The topological polar surface area (TPSA) is 186 Å². The molecule has 0 aromatic heterocycles. The minimum atomic E-state index is -4.61. The van der Waals surface area contributed by atoms with Crippen LogP contribution in [0.15, 0.2) is 85.1 Å². The number of aliphatic hydroxyl groups is 3. The van der Waals surface area contributed by atoms with E-state index in [2.05, 4.69) is 62.5 Å². The molecule has 12 nitrogen and oxygen atoms in total. The third-order valence-electron chi connectivity index (χ3n) is 8.31. The number of unbranched alkanes of at least 4 members (excludes halogenated alkanes) is 7. The van der Waals surface area contributed by atoms with E-state index in [-0.39, 0.29) is 19.4 Å². The van der Waals surface area contributed by atoms with Crippen molar-refractivity contribution in [1.82, 2.24) is 0 Å². The second-order valence-electron chi connectivity index (χ2n) is 13.3. The first-order chi connectivity index (χ1) is 26.5. The van der Waals surface area contributed by atoms with Crippen molar-refractivity contribution >= 4 is 22.1 Å². The molecule has 0 saturated carbocycles. The van der Waals surface area contributed by atoms with Gasteiger partial charge in [-0.05, 0) is 64.2 Å². The van der Waals surface area contributed by atoms with E-state index in [1.54, 1.807) is 0 Å². The van der Waals surface area contributed by atoms with Crippen molar-refractivity contribution in [2.75, 3.05) is 19.0 Å². The van der Waals surface area contributed by atoms with E-state index in [0.717, 1.165) is 70.6 Å². The van der Waals surface area contributed by atoms with Crippen LogP contribution in [0.2, 0.25) is 0 Å². The Bertz CT molecular complexity index is 1350. The number of aliphatic hydroxyl groups excluding tert-OH is 3. The Labute approximate surface area is 329 Å². The van der Waals surface area contributed by atoms with Crippen LogP contribution in [0.5, 0.6) is 0 Å². The van der Waals surface area contributed by atoms with Gasteiger partial charge in [0.2, 0.25) is 0 Å². The molecule has 0 amide bonds. The zero-order valence-electron chi connectivity index (χ0n) is 32.7. The number of rotatable bonds is 30. The highest BCUT2D eigenvalue weighted by Crippen LogP contribution is 2.23. The van der Waals surface area contributed by atoms with E-state index >= 15 is 0 Å². The third-order valence-corrected chi connectivity index (χ3v) is 9.06. The average molecular weight is 795 g/mol. The van der Waals surface area contributed by atoms with Crippen LogP contribution in [0.4, 0.5) is 0 Å². The molecular formula is C42H66O12S. The van der Waals surface area contributed by atoms with Crippen LogP contribution in [0.3, 0.4) is 0 Å². The highest BCUT2D eigenvalue weighted by Gasteiger charge is 2.46. The van der Waals surface area contributed by atoms with Gasteiger partial charge in [0, 0.05) is 12.8 Å². The van der Waals surface area contributed by atoms with Gasteiger partial charge in [0.15, 0.2) is 12.4 Å². The zero-order valence-corrected chi connectivity index (χ0v) is 33.6. The first-order valence-electron chi connectivity index (χ1n) is 19.7. The van der Waals surface area contributed by atoms with E-state index in [1.807, 2.05) is 36.5 Å². The van der Waals surface area contributed by atoms with Crippen LogP contribution in [0, 0.1) is 0 Å². The Hall–Kier alpha value is -3.17. The molecule has 0 aromatic carbocycles. The van der Waals surface area contributed by atoms with Crippen molar-refractivity contribution in [2.45, 2.75) is 147 Å². The molecule has 0 radical (unpaired) electrons. The highest BCUT2D eigenvalue weighted by molar-refractivity contribution is 7.85. The van der Waals surface area contributed by atoms with Crippen molar-refractivity contribution in [1.29, 1.82) is 0 Å². The van der Waals surface area contributed by atoms with Crippen molar-refractivity contribution in [2.24, 2.45) is 0 Å². The van der Waals surface area contributed by atoms with E-state index < -0.39 is 71.2 Å². The molecule has 0 spiro atoms. The summed E-state index contributed by atoms with van der Waals surface area (Å²) in [6.45, 7) is 3.41. The summed E-state index contributed by atoms with van der Waals surface area (Å²) >= 11 is 0. The van der Waals surface area contributed by atoms with Crippen molar-refractivity contribution in [3.8, 4) is 0 Å². The highest BCUT2D eigenvalue weighted by atomic mass is 32.2. The molecule has 312 valence electrons. The minimum Gasteiger partial charge on any atom is -0.462 e. The lowest BCUT2D eigenvalue weighted by Gasteiger charge is -2.40. The average Bonchev–Trinajstić information content (AvgIpc) is 3.14. The summed E-state index contributed by atoms with van der Waals surface area (Å²) in [5, 5.41) is 30.8. The van der Waals surface area contributed by atoms with Gasteiger partial charge >= 0.3 is 11.9 Å². The lowest BCUT2D eigenvalue weighted by Crippen LogP contribution is -2.60. The first kappa shape index (κ1) is 49.8. The number of carbonyl (C=O) groups excluding carboxylic acids is 2. The lowest BCUT2D eigenvalue weighted by molar-refractivity contribution is -0.297. The summed E-state index contributed by atoms with van der Waals surface area (Å²) in [4.78, 5) is 25.3. The van der Waals surface area contributed by atoms with Crippen molar-refractivity contribution < 1.29 is 56.8 Å². The molecule has 1 rings (SSSR count). The Morgan fingerprint density at radius 2 is 1.18 bits per heavy atom. The monoisotopic (exact) mass is 794 g/mol. The number of esters is 2.